The molecule has 1 aromatic carbocycles. The molecule has 3 heteroatoms. The molecule has 0 spiro atoms. The maximum Gasteiger partial charge on any atom is 0.179 e. The number of ether oxygens (including phenoxy) is 1. The Kier molecular flexibility index (Phi) is 4.33. The molecule has 2 rings (SSSR count). The first-order valence-electron chi connectivity index (χ1n) is 6.44. The van der Waals surface area contributed by atoms with Crippen molar-refractivity contribution < 1.29 is 9.53 Å². The van der Waals surface area contributed by atoms with Crippen LogP contribution in [0.3, 0.4) is 0 Å². The highest BCUT2D eigenvalue weighted by molar-refractivity contribution is 8.00. The van der Waals surface area contributed by atoms with Crippen LogP contribution in [0, 0.1) is 13.8 Å². The first-order valence-corrected chi connectivity index (χ1v) is 7.49. The summed E-state index contributed by atoms with van der Waals surface area (Å²) in [5.41, 5.74) is 2.95. The Balaban J connectivity index is 2.34. The highest BCUT2D eigenvalue weighted by atomic mass is 32.2. The van der Waals surface area contributed by atoms with E-state index in [-0.39, 0.29) is 11.0 Å². The first-order chi connectivity index (χ1) is 8.63. The molecule has 1 aromatic rings. The van der Waals surface area contributed by atoms with Crippen molar-refractivity contribution in [1.29, 1.82) is 0 Å². The van der Waals surface area contributed by atoms with E-state index in [9.17, 15) is 4.79 Å². The number of hydrogen-bond acceptors (Lipinski definition) is 3. The summed E-state index contributed by atoms with van der Waals surface area (Å²) < 4.78 is 5.39. The second-order valence-electron chi connectivity index (χ2n) is 4.88. The number of Topliss-reactive ketones (excluding diaryl/α,β-unsaturated/α-hetero) is 1. The van der Waals surface area contributed by atoms with Crippen LogP contribution in [-0.4, -0.2) is 23.9 Å². The molecule has 1 heterocycles. The monoisotopic (exact) mass is 264 g/mol. The summed E-state index contributed by atoms with van der Waals surface area (Å²) in [5.74, 6) is 2.07. The summed E-state index contributed by atoms with van der Waals surface area (Å²) in [6, 6.07) is 4.01. The van der Waals surface area contributed by atoms with Gasteiger partial charge in [0.05, 0.1) is 17.9 Å². The van der Waals surface area contributed by atoms with Gasteiger partial charge in [-0.3, -0.25) is 4.79 Å². The molecule has 1 fully saturated rings. The molecule has 1 atom stereocenters. The van der Waals surface area contributed by atoms with Gasteiger partial charge in [-0.1, -0.05) is 12.5 Å². The van der Waals surface area contributed by atoms with Gasteiger partial charge in [0.25, 0.3) is 0 Å². The molecular formula is C15H20O2S. The van der Waals surface area contributed by atoms with Crippen molar-refractivity contribution in [2.75, 3.05) is 12.9 Å². The van der Waals surface area contributed by atoms with Crippen molar-refractivity contribution >= 4 is 17.5 Å². The van der Waals surface area contributed by atoms with Crippen molar-refractivity contribution in [2.45, 2.75) is 38.4 Å². The molecule has 0 saturated carbocycles. The molecule has 1 aliphatic heterocycles. The number of ketones is 1. The number of benzene rings is 1. The van der Waals surface area contributed by atoms with Crippen molar-refractivity contribution in [3.63, 3.8) is 0 Å². The Bertz CT molecular complexity index is 448. The summed E-state index contributed by atoms with van der Waals surface area (Å²) in [6.07, 6.45) is 3.40. The minimum Gasteiger partial charge on any atom is -0.496 e. The Morgan fingerprint density at radius 1 is 1.33 bits per heavy atom. The van der Waals surface area contributed by atoms with Gasteiger partial charge < -0.3 is 4.74 Å². The molecule has 1 unspecified atom stereocenters. The molecule has 2 nitrogen and oxygen atoms in total. The molecule has 0 aromatic heterocycles. The third kappa shape index (κ3) is 2.72. The van der Waals surface area contributed by atoms with Crippen molar-refractivity contribution in [2.24, 2.45) is 0 Å². The number of thioether (sulfide) groups is 1. The van der Waals surface area contributed by atoms with E-state index in [2.05, 4.69) is 6.07 Å². The zero-order valence-electron chi connectivity index (χ0n) is 11.3. The highest BCUT2D eigenvalue weighted by Gasteiger charge is 2.26. The van der Waals surface area contributed by atoms with Crippen LogP contribution >= 0.6 is 11.8 Å². The van der Waals surface area contributed by atoms with E-state index in [1.165, 1.54) is 6.42 Å². The summed E-state index contributed by atoms with van der Waals surface area (Å²) in [6.45, 7) is 4.02. The standard InChI is InChI=1S/C15H20O2S/c1-10-8-11(2)14(12(9-10)17-3)15(16)13-6-4-5-7-18-13/h8-9,13H,4-7H2,1-3H3. The lowest BCUT2D eigenvalue weighted by Gasteiger charge is -2.22. The first kappa shape index (κ1) is 13.5. The topological polar surface area (TPSA) is 26.3 Å². The zero-order valence-corrected chi connectivity index (χ0v) is 12.1. The maximum atomic E-state index is 12.6. The number of carbonyl (C=O) groups is 1. The van der Waals surface area contributed by atoms with E-state index >= 15 is 0 Å². The van der Waals surface area contributed by atoms with E-state index in [0.717, 1.165) is 41.0 Å². The molecule has 18 heavy (non-hydrogen) atoms. The zero-order chi connectivity index (χ0) is 13.1. The number of hydrogen-bond donors (Lipinski definition) is 0. The van der Waals surface area contributed by atoms with Gasteiger partial charge in [0.2, 0.25) is 0 Å². The third-order valence-electron chi connectivity index (χ3n) is 3.38. The van der Waals surface area contributed by atoms with E-state index in [1.54, 1.807) is 18.9 Å². The smallest absolute Gasteiger partial charge is 0.179 e. The largest absolute Gasteiger partial charge is 0.496 e. The summed E-state index contributed by atoms with van der Waals surface area (Å²) >= 11 is 1.79. The summed E-state index contributed by atoms with van der Waals surface area (Å²) in [5, 5.41) is 0.119. The SMILES string of the molecule is COc1cc(C)cc(C)c1C(=O)C1CCCCS1. The van der Waals surface area contributed by atoms with Crippen molar-refractivity contribution in [1.82, 2.24) is 0 Å². The summed E-state index contributed by atoms with van der Waals surface area (Å²) in [7, 11) is 1.64. The second kappa shape index (κ2) is 5.79. The van der Waals surface area contributed by atoms with Gasteiger partial charge in [0.1, 0.15) is 5.75 Å². The van der Waals surface area contributed by atoms with Crippen LogP contribution in [0.5, 0.6) is 5.75 Å². The quantitative estimate of drug-likeness (QED) is 0.777. The van der Waals surface area contributed by atoms with Gasteiger partial charge in [-0.15, -0.1) is 0 Å². The fourth-order valence-corrected chi connectivity index (χ4v) is 3.77. The van der Waals surface area contributed by atoms with Crippen LogP contribution in [0.1, 0.15) is 40.7 Å². The molecule has 1 aliphatic rings. The van der Waals surface area contributed by atoms with Crippen molar-refractivity contribution in [3.05, 3.63) is 28.8 Å². The van der Waals surface area contributed by atoms with Crippen LogP contribution < -0.4 is 4.74 Å². The number of carbonyl (C=O) groups excluding carboxylic acids is 1. The van der Waals surface area contributed by atoms with Crippen molar-refractivity contribution in [3.8, 4) is 5.75 Å². The van der Waals surface area contributed by atoms with Gasteiger partial charge in [0, 0.05) is 0 Å². The molecule has 0 aliphatic carbocycles. The van der Waals surface area contributed by atoms with E-state index in [4.69, 9.17) is 4.74 Å². The molecule has 0 bridgehead atoms. The molecule has 1 saturated heterocycles. The highest BCUT2D eigenvalue weighted by Crippen LogP contribution is 2.32. The lowest BCUT2D eigenvalue weighted by Crippen LogP contribution is -2.22. The minimum atomic E-state index is 0.119. The Labute approximate surface area is 113 Å². The van der Waals surface area contributed by atoms with Gasteiger partial charge in [-0.05, 0) is 49.6 Å². The van der Waals surface area contributed by atoms with E-state index in [1.807, 2.05) is 19.9 Å². The van der Waals surface area contributed by atoms with Crippen LogP contribution in [0.2, 0.25) is 0 Å². The normalized spacial score (nSPS) is 19.6. The third-order valence-corrected chi connectivity index (χ3v) is 4.76. The number of rotatable bonds is 3. The van der Waals surface area contributed by atoms with E-state index in [0.29, 0.717) is 0 Å². The summed E-state index contributed by atoms with van der Waals surface area (Å²) in [4.78, 5) is 12.6. The maximum absolute atomic E-state index is 12.6. The fourth-order valence-electron chi connectivity index (χ4n) is 2.51. The average molecular weight is 264 g/mol. The molecule has 0 N–H and O–H groups in total. The lowest BCUT2D eigenvalue weighted by atomic mass is 9.97. The Hall–Kier alpha value is -0.960. The molecule has 0 radical (unpaired) electrons. The van der Waals surface area contributed by atoms with Gasteiger partial charge in [-0.25, -0.2) is 0 Å². The predicted molar refractivity (Wildman–Crippen MR) is 76.9 cm³/mol. The van der Waals surface area contributed by atoms with Crippen LogP contribution in [-0.2, 0) is 0 Å². The number of methoxy groups -OCH3 is 1. The van der Waals surface area contributed by atoms with Gasteiger partial charge >= 0.3 is 0 Å². The predicted octanol–water partition coefficient (Wildman–Crippen LogP) is 3.78. The second-order valence-corrected chi connectivity index (χ2v) is 6.19. The van der Waals surface area contributed by atoms with Gasteiger partial charge in [0.15, 0.2) is 5.78 Å². The fraction of sp³-hybridized carbons (Fsp3) is 0.533. The average Bonchev–Trinajstić information content (AvgIpc) is 2.38. The van der Waals surface area contributed by atoms with Crippen LogP contribution in [0.25, 0.3) is 0 Å². The molecule has 0 amide bonds. The molecular weight excluding hydrogens is 244 g/mol. The van der Waals surface area contributed by atoms with Crippen LogP contribution in [0.15, 0.2) is 12.1 Å². The number of aryl methyl sites for hydroxylation is 2. The lowest BCUT2D eigenvalue weighted by molar-refractivity contribution is 0.0981. The Morgan fingerprint density at radius 3 is 2.72 bits per heavy atom. The Morgan fingerprint density at radius 2 is 2.11 bits per heavy atom. The van der Waals surface area contributed by atoms with E-state index < -0.39 is 0 Å². The molecule has 98 valence electrons. The van der Waals surface area contributed by atoms with Crippen LogP contribution in [0.4, 0.5) is 0 Å². The minimum absolute atomic E-state index is 0.119. The van der Waals surface area contributed by atoms with Gasteiger partial charge in [-0.2, -0.15) is 11.8 Å².